The van der Waals surface area contributed by atoms with E-state index in [9.17, 15) is 0 Å². The average molecular weight is 222 g/mol. The topological polar surface area (TPSA) is 9.23 Å². The van der Waals surface area contributed by atoms with Crippen molar-refractivity contribution in [1.29, 1.82) is 0 Å². The second-order valence-corrected chi connectivity index (χ2v) is 7.60. The van der Waals surface area contributed by atoms with Gasteiger partial charge in [0.25, 0.3) is 0 Å². The third kappa shape index (κ3) is 3.38. The Kier molecular flexibility index (Phi) is 3.97. The zero-order valence-electron chi connectivity index (χ0n) is 10.5. The molecule has 1 aromatic carbocycles. The van der Waals surface area contributed by atoms with Crippen molar-refractivity contribution in [2.45, 2.75) is 39.7 Å². The molecule has 0 unspecified atom stereocenters. The van der Waals surface area contributed by atoms with E-state index in [2.05, 4.69) is 52.8 Å². The molecule has 1 aromatic rings. The van der Waals surface area contributed by atoms with Gasteiger partial charge in [-0.1, -0.05) is 45.9 Å². The molecule has 0 saturated heterocycles. The van der Waals surface area contributed by atoms with Crippen LogP contribution in [0, 0.1) is 12.8 Å². The summed E-state index contributed by atoms with van der Waals surface area (Å²) >= 11 is 0. The molecule has 0 amide bonds. The number of aryl methyl sites for hydroxylation is 1. The SMILES string of the molecule is Cc1ccccc1O[SiH2]C(C)(C)C(C)C. The molecule has 1 rings (SSSR count). The first kappa shape index (κ1) is 12.3. The monoisotopic (exact) mass is 222 g/mol. The molecule has 0 bridgehead atoms. The van der Waals surface area contributed by atoms with Crippen molar-refractivity contribution in [3.05, 3.63) is 29.8 Å². The minimum absolute atomic E-state index is 0.363. The van der Waals surface area contributed by atoms with Gasteiger partial charge in [0.05, 0.1) is 0 Å². The lowest BCUT2D eigenvalue weighted by molar-refractivity contribution is 0.427. The van der Waals surface area contributed by atoms with Gasteiger partial charge in [0.15, 0.2) is 0 Å². The summed E-state index contributed by atoms with van der Waals surface area (Å²) in [4.78, 5) is 0. The zero-order valence-corrected chi connectivity index (χ0v) is 11.9. The number of para-hydroxylation sites is 1. The molecule has 0 N–H and O–H groups in total. The summed E-state index contributed by atoms with van der Waals surface area (Å²) < 4.78 is 6.00. The summed E-state index contributed by atoms with van der Waals surface area (Å²) in [5.41, 5.74) is 1.24. The van der Waals surface area contributed by atoms with Crippen LogP contribution in [0.2, 0.25) is 5.04 Å². The van der Waals surface area contributed by atoms with Gasteiger partial charge in [0.2, 0.25) is 9.76 Å². The lowest BCUT2D eigenvalue weighted by Crippen LogP contribution is -2.24. The second-order valence-electron chi connectivity index (χ2n) is 5.20. The highest BCUT2D eigenvalue weighted by Gasteiger charge is 2.24. The average Bonchev–Trinajstić information content (AvgIpc) is 2.16. The molecular formula is C13H22OSi. The van der Waals surface area contributed by atoms with Crippen molar-refractivity contribution >= 4 is 9.76 Å². The third-order valence-electron chi connectivity index (χ3n) is 3.26. The van der Waals surface area contributed by atoms with E-state index in [0.29, 0.717) is 11.0 Å². The van der Waals surface area contributed by atoms with Crippen LogP contribution < -0.4 is 4.43 Å². The fourth-order valence-electron chi connectivity index (χ4n) is 1.15. The van der Waals surface area contributed by atoms with Crippen LogP contribution in [0.25, 0.3) is 0 Å². The standard InChI is InChI=1S/C13H22OSi/c1-10(2)13(4,5)15-14-12-9-7-6-8-11(12)3/h6-10H,15H2,1-5H3. The number of hydrogen-bond acceptors (Lipinski definition) is 1. The van der Waals surface area contributed by atoms with Gasteiger partial charge in [0.1, 0.15) is 5.75 Å². The summed E-state index contributed by atoms with van der Waals surface area (Å²) in [6.07, 6.45) is 0. The third-order valence-corrected chi connectivity index (χ3v) is 5.27. The van der Waals surface area contributed by atoms with Gasteiger partial charge < -0.3 is 4.43 Å². The highest BCUT2D eigenvalue weighted by atomic mass is 28.2. The highest BCUT2D eigenvalue weighted by Crippen LogP contribution is 2.33. The van der Waals surface area contributed by atoms with E-state index in [4.69, 9.17) is 4.43 Å². The van der Waals surface area contributed by atoms with Crippen LogP contribution in [0.3, 0.4) is 0 Å². The molecule has 2 heteroatoms. The van der Waals surface area contributed by atoms with Gasteiger partial charge >= 0.3 is 0 Å². The van der Waals surface area contributed by atoms with Crippen LogP contribution in [0.4, 0.5) is 0 Å². The Morgan fingerprint density at radius 2 is 1.80 bits per heavy atom. The van der Waals surface area contributed by atoms with Crippen LogP contribution in [-0.4, -0.2) is 9.76 Å². The summed E-state index contributed by atoms with van der Waals surface area (Å²) in [5, 5.41) is 0.363. The lowest BCUT2D eigenvalue weighted by Gasteiger charge is -2.28. The second kappa shape index (κ2) is 4.84. The molecule has 0 spiro atoms. The smallest absolute Gasteiger partial charge is 0.225 e. The largest absolute Gasteiger partial charge is 0.549 e. The van der Waals surface area contributed by atoms with Crippen LogP contribution in [0.15, 0.2) is 24.3 Å². The molecule has 0 aliphatic rings. The van der Waals surface area contributed by atoms with Crippen molar-refractivity contribution in [3.63, 3.8) is 0 Å². The molecule has 0 aliphatic carbocycles. The van der Waals surface area contributed by atoms with Gasteiger partial charge in [-0.2, -0.15) is 0 Å². The predicted octanol–water partition coefficient (Wildman–Crippen LogP) is 3.31. The number of benzene rings is 1. The molecule has 0 saturated carbocycles. The maximum Gasteiger partial charge on any atom is 0.225 e. The first-order chi connectivity index (χ1) is 6.93. The van der Waals surface area contributed by atoms with Crippen LogP contribution in [0.5, 0.6) is 5.75 Å². The molecule has 84 valence electrons. The normalized spacial score (nSPS) is 12.7. The first-order valence-electron chi connectivity index (χ1n) is 5.62. The number of hydrogen-bond donors (Lipinski definition) is 0. The Morgan fingerprint density at radius 1 is 1.20 bits per heavy atom. The quantitative estimate of drug-likeness (QED) is 0.710. The van der Waals surface area contributed by atoms with Gasteiger partial charge in [-0.15, -0.1) is 0 Å². The fraction of sp³-hybridized carbons (Fsp3) is 0.538. The van der Waals surface area contributed by atoms with E-state index in [1.807, 2.05) is 6.07 Å². The van der Waals surface area contributed by atoms with E-state index in [-0.39, 0.29) is 0 Å². The molecule has 0 heterocycles. The maximum absolute atomic E-state index is 6.00. The van der Waals surface area contributed by atoms with Crippen molar-refractivity contribution in [3.8, 4) is 5.75 Å². The maximum atomic E-state index is 6.00. The summed E-state index contributed by atoms with van der Waals surface area (Å²) in [5.74, 6) is 1.76. The molecule has 1 nitrogen and oxygen atoms in total. The van der Waals surface area contributed by atoms with E-state index < -0.39 is 9.76 Å². The predicted molar refractivity (Wildman–Crippen MR) is 69.2 cm³/mol. The molecule has 0 atom stereocenters. The van der Waals surface area contributed by atoms with Crippen molar-refractivity contribution in [2.24, 2.45) is 5.92 Å². The van der Waals surface area contributed by atoms with E-state index in [0.717, 1.165) is 5.75 Å². The number of rotatable bonds is 4. The Morgan fingerprint density at radius 3 is 2.33 bits per heavy atom. The molecule has 0 radical (unpaired) electrons. The Hall–Kier alpha value is -0.763. The Labute approximate surface area is 95.8 Å². The van der Waals surface area contributed by atoms with Gasteiger partial charge in [0, 0.05) is 0 Å². The Bertz CT molecular complexity index is 318. The van der Waals surface area contributed by atoms with Crippen LogP contribution >= 0.6 is 0 Å². The van der Waals surface area contributed by atoms with Gasteiger partial charge in [-0.25, -0.2) is 0 Å². The van der Waals surface area contributed by atoms with E-state index >= 15 is 0 Å². The molecule has 0 fully saturated rings. The van der Waals surface area contributed by atoms with Crippen LogP contribution in [0.1, 0.15) is 33.3 Å². The zero-order chi connectivity index (χ0) is 11.5. The molecule has 0 aromatic heterocycles. The highest BCUT2D eigenvalue weighted by molar-refractivity contribution is 6.33. The fourth-order valence-corrected chi connectivity index (χ4v) is 2.33. The van der Waals surface area contributed by atoms with E-state index in [1.54, 1.807) is 0 Å². The molecular weight excluding hydrogens is 200 g/mol. The van der Waals surface area contributed by atoms with Crippen molar-refractivity contribution in [2.75, 3.05) is 0 Å². The minimum Gasteiger partial charge on any atom is -0.549 e. The van der Waals surface area contributed by atoms with E-state index in [1.165, 1.54) is 5.56 Å². The summed E-state index contributed by atoms with van der Waals surface area (Å²) in [7, 11) is -0.528. The van der Waals surface area contributed by atoms with Gasteiger partial charge in [-0.05, 0) is 29.5 Å². The summed E-state index contributed by atoms with van der Waals surface area (Å²) in [6.45, 7) is 11.3. The van der Waals surface area contributed by atoms with Crippen molar-refractivity contribution in [1.82, 2.24) is 0 Å². The first-order valence-corrected chi connectivity index (χ1v) is 6.90. The molecule has 0 aliphatic heterocycles. The summed E-state index contributed by atoms with van der Waals surface area (Å²) in [6, 6.07) is 8.27. The van der Waals surface area contributed by atoms with Gasteiger partial charge in [-0.3, -0.25) is 0 Å². The Balaban J connectivity index is 2.62. The van der Waals surface area contributed by atoms with Crippen molar-refractivity contribution < 1.29 is 4.43 Å². The minimum atomic E-state index is -0.528. The molecule has 15 heavy (non-hydrogen) atoms. The lowest BCUT2D eigenvalue weighted by atomic mass is 9.99. The van der Waals surface area contributed by atoms with Crippen LogP contribution in [-0.2, 0) is 0 Å².